The lowest BCUT2D eigenvalue weighted by atomic mass is 10.0. The van der Waals surface area contributed by atoms with E-state index in [1.54, 1.807) is 11.3 Å². The summed E-state index contributed by atoms with van der Waals surface area (Å²) < 4.78 is 0. The summed E-state index contributed by atoms with van der Waals surface area (Å²) in [6.45, 7) is -0.00747. The maximum Gasteiger partial charge on any atom is 0.132 e. The quantitative estimate of drug-likeness (QED) is 0.746. The Morgan fingerprint density at radius 2 is 2.43 bits per heavy atom. The van der Waals surface area contributed by atoms with Crippen LogP contribution in [0.2, 0.25) is 0 Å². The molecule has 1 aliphatic rings. The van der Waals surface area contributed by atoms with Crippen molar-refractivity contribution in [2.75, 3.05) is 0 Å². The van der Waals surface area contributed by atoms with E-state index >= 15 is 0 Å². The number of aromatic nitrogens is 2. The number of nitrogens with one attached hydrogen (secondary N) is 1. The standard InChI is InChI=1S/C10H10N2OS/c13-5-9-11-7-1-2-8-6(3-4-14-8)10(7)12-9/h3-4,13H,1-2,5H2,(H,11,12). The van der Waals surface area contributed by atoms with Gasteiger partial charge in [0.25, 0.3) is 0 Å². The molecule has 0 aromatic carbocycles. The average Bonchev–Trinajstić information content (AvgIpc) is 2.82. The number of aliphatic hydroxyl groups is 1. The maximum atomic E-state index is 8.99. The van der Waals surface area contributed by atoms with Crippen molar-refractivity contribution < 1.29 is 5.11 Å². The molecule has 3 nitrogen and oxygen atoms in total. The monoisotopic (exact) mass is 206 g/mol. The minimum absolute atomic E-state index is 0.00747. The SMILES string of the molecule is OCc1nc2c([nH]1)CCc1sccc1-2. The molecule has 0 fully saturated rings. The van der Waals surface area contributed by atoms with Crippen LogP contribution in [0.25, 0.3) is 11.3 Å². The summed E-state index contributed by atoms with van der Waals surface area (Å²) in [4.78, 5) is 8.95. The topological polar surface area (TPSA) is 48.9 Å². The Kier molecular flexibility index (Phi) is 1.72. The highest BCUT2D eigenvalue weighted by atomic mass is 32.1. The molecule has 2 aromatic rings. The Labute approximate surface area is 85.4 Å². The van der Waals surface area contributed by atoms with E-state index in [9.17, 15) is 0 Å². The number of H-pyrrole nitrogens is 1. The second-order valence-electron chi connectivity index (χ2n) is 3.43. The number of aliphatic hydroxyl groups excluding tert-OH is 1. The zero-order chi connectivity index (χ0) is 9.54. The first kappa shape index (κ1) is 8.20. The molecule has 2 N–H and O–H groups in total. The molecule has 0 saturated heterocycles. The Balaban J connectivity index is 2.20. The molecule has 14 heavy (non-hydrogen) atoms. The minimum atomic E-state index is -0.00747. The van der Waals surface area contributed by atoms with E-state index in [1.807, 2.05) is 0 Å². The molecule has 2 aromatic heterocycles. The van der Waals surface area contributed by atoms with Gasteiger partial charge in [0.05, 0.1) is 5.69 Å². The van der Waals surface area contributed by atoms with E-state index in [0.29, 0.717) is 5.82 Å². The number of aromatic amines is 1. The number of hydrogen-bond donors (Lipinski definition) is 2. The normalized spacial score (nSPS) is 13.8. The third kappa shape index (κ3) is 1.04. The van der Waals surface area contributed by atoms with Crippen molar-refractivity contribution in [2.45, 2.75) is 19.4 Å². The average molecular weight is 206 g/mol. The van der Waals surface area contributed by atoms with Gasteiger partial charge >= 0.3 is 0 Å². The number of thiophene rings is 1. The van der Waals surface area contributed by atoms with Gasteiger partial charge in [-0.3, -0.25) is 0 Å². The van der Waals surface area contributed by atoms with Crippen LogP contribution in [0.1, 0.15) is 16.4 Å². The van der Waals surface area contributed by atoms with Crippen molar-refractivity contribution in [3.05, 3.63) is 27.8 Å². The molecule has 0 radical (unpaired) electrons. The van der Waals surface area contributed by atoms with Gasteiger partial charge in [0.15, 0.2) is 0 Å². The van der Waals surface area contributed by atoms with Crippen LogP contribution < -0.4 is 0 Å². The number of hydrogen-bond acceptors (Lipinski definition) is 3. The third-order valence-electron chi connectivity index (χ3n) is 2.58. The van der Waals surface area contributed by atoms with Crippen LogP contribution in [0, 0.1) is 0 Å². The zero-order valence-corrected chi connectivity index (χ0v) is 8.40. The second-order valence-corrected chi connectivity index (χ2v) is 4.43. The van der Waals surface area contributed by atoms with Crippen molar-refractivity contribution in [3.8, 4) is 11.3 Å². The van der Waals surface area contributed by atoms with Gasteiger partial charge in [-0.25, -0.2) is 4.98 Å². The van der Waals surface area contributed by atoms with E-state index in [2.05, 4.69) is 21.4 Å². The van der Waals surface area contributed by atoms with Crippen molar-refractivity contribution in [2.24, 2.45) is 0 Å². The highest BCUT2D eigenvalue weighted by Crippen LogP contribution is 2.34. The molecule has 0 aliphatic heterocycles. The van der Waals surface area contributed by atoms with E-state index in [-0.39, 0.29) is 6.61 Å². The van der Waals surface area contributed by atoms with E-state index in [4.69, 9.17) is 5.11 Å². The molecule has 0 saturated carbocycles. The molecule has 3 rings (SSSR count). The van der Waals surface area contributed by atoms with Gasteiger partial charge in [-0.1, -0.05) is 0 Å². The summed E-state index contributed by atoms with van der Waals surface area (Å²) in [5.74, 6) is 0.675. The van der Waals surface area contributed by atoms with Gasteiger partial charge in [0.1, 0.15) is 12.4 Å². The third-order valence-corrected chi connectivity index (χ3v) is 3.56. The van der Waals surface area contributed by atoms with Gasteiger partial charge < -0.3 is 10.1 Å². The van der Waals surface area contributed by atoms with Gasteiger partial charge in [0.2, 0.25) is 0 Å². The molecular formula is C10H10N2OS. The largest absolute Gasteiger partial charge is 0.388 e. The Bertz CT molecular complexity index is 472. The Morgan fingerprint density at radius 3 is 3.29 bits per heavy atom. The van der Waals surface area contributed by atoms with Crippen LogP contribution >= 0.6 is 11.3 Å². The molecular weight excluding hydrogens is 196 g/mol. The number of rotatable bonds is 1. The van der Waals surface area contributed by atoms with Gasteiger partial charge in [-0.2, -0.15) is 0 Å². The molecule has 0 bridgehead atoms. The maximum absolute atomic E-state index is 8.99. The smallest absolute Gasteiger partial charge is 0.132 e. The number of nitrogens with zero attached hydrogens (tertiary/aromatic N) is 1. The highest BCUT2D eigenvalue weighted by Gasteiger charge is 2.20. The second kappa shape index (κ2) is 2.93. The molecule has 0 unspecified atom stereocenters. The van der Waals surface area contributed by atoms with Gasteiger partial charge in [-0.05, 0) is 24.3 Å². The van der Waals surface area contributed by atoms with Crippen LogP contribution in [0.4, 0.5) is 0 Å². The fourth-order valence-corrected chi connectivity index (χ4v) is 2.81. The summed E-state index contributed by atoms with van der Waals surface area (Å²) in [7, 11) is 0. The van der Waals surface area contributed by atoms with E-state index in [1.165, 1.54) is 16.1 Å². The van der Waals surface area contributed by atoms with Crippen molar-refractivity contribution in [1.82, 2.24) is 9.97 Å². The van der Waals surface area contributed by atoms with Crippen molar-refractivity contribution in [3.63, 3.8) is 0 Å². The first-order chi connectivity index (χ1) is 6.88. The summed E-state index contributed by atoms with van der Waals surface area (Å²) in [5, 5.41) is 11.1. The summed E-state index contributed by atoms with van der Waals surface area (Å²) in [6, 6.07) is 2.11. The highest BCUT2D eigenvalue weighted by molar-refractivity contribution is 7.10. The Hall–Kier alpha value is -1.13. The zero-order valence-electron chi connectivity index (χ0n) is 7.58. The number of imidazole rings is 1. The van der Waals surface area contributed by atoms with Gasteiger partial charge in [0, 0.05) is 16.1 Å². The summed E-state index contributed by atoms with van der Waals surface area (Å²) in [6.07, 6.45) is 2.10. The summed E-state index contributed by atoms with van der Waals surface area (Å²) >= 11 is 1.79. The van der Waals surface area contributed by atoms with Crippen LogP contribution in [-0.4, -0.2) is 15.1 Å². The van der Waals surface area contributed by atoms with Crippen LogP contribution in [0.3, 0.4) is 0 Å². The van der Waals surface area contributed by atoms with Crippen LogP contribution in [0.5, 0.6) is 0 Å². The van der Waals surface area contributed by atoms with Crippen LogP contribution in [-0.2, 0) is 19.4 Å². The molecule has 0 spiro atoms. The van der Waals surface area contributed by atoms with E-state index < -0.39 is 0 Å². The lowest BCUT2D eigenvalue weighted by Gasteiger charge is -2.09. The predicted octanol–water partition coefficient (Wildman–Crippen LogP) is 1.73. The number of aryl methyl sites for hydroxylation is 2. The van der Waals surface area contributed by atoms with Crippen LogP contribution in [0.15, 0.2) is 11.4 Å². The Morgan fingerprint density at radius 1 is 1.50 bits per heavy atom. The van der Waals surface area contributed by atoms with Gasteiger partial charge in [-0.15, -0.1) is 11.3 Å². The van der Waals surface area contributed by atoms with E-state index in [0.717, 1.165) is 18.5 Å². The summed E-state index contributed by atoms with van der Waals surface area (Å²) in [5.41, 5.74) is 3.45. The van der Waals surface area contributed by atoms with Crippen molar-refractivity contribution >= 4 is 11.3 Å². The molecule has 1 aliphatic carbocycles. The fraction of sp³-hybridized carbons (Fsp3) is 0.300. The van der Waals surface area contributed by atoms with Crippen molar-refractivity contribution in [1.29, 1.82) is 0 Å². The number of fused-ring (bicyclic) bond motifs is 3. The first-order valence-electron chi connectivity index (χ1n) is 4.64. The lowest BCUT2D eigenvalue weighted by Crippen LogP contribution is -1.99. The molecule has 4 heteroatoms. The fourth-order valence-electron chi connectivity index (χ4n) is 1.93. The predicted molar refractivity (Wildman–Crippen MR) is 55.2 cm³/mol. The molecule has 0 amide bonds. The molecule has 2 heterocycles. The molecule has 72 valence electrons. The first-order valence-corrected chi connectivity index (χ1v) is 5.52. The lowest BCUT2D eigenvalue weighted by molar-refractivity contribution is 0.272. The molecule has 0 atom stereocenters. The minimum Gasteiger partial charge on any atom is -0.388 e.